The van der Waals surface area contributed by atoms with Crippen molar-refractivity contribution < 1.29 is 14.3 Å². The molecule has 0 spiro atoms. The van der Waals surface area contributed by atoms with Crippen molar-refractivity contribution in [2.24, 2.45) is 0 Å². The van der Waals surface area contributed by atoms with Crippen molar-refractivity contribution in [1.29, 1.82) is 0 Å². The second kappa shape index (κ2) is 17.5. The lowest BCUT2D eigenvalue weighted by Crippen LogP contribution is -2.27. The molecule has 1 aromatic carbocycles. The third-order valence-corrected chi connectivity index (χ3v) is 5.24. The van der Waals surface area contributed by atoms with E-state index in [9.17, 15) is 4.79 Å². The fourth-order valence-corrected chi connectivity index (χ4v) is 3.14. The number of amides is 1. The zero-order valence-electron chi connectivity index (χ0n) is 21.3. The van der Waals surface area contributed by atoms with Crippen LogP contribution in [0.25, 0.3) is 0 Å². The SMILES string of the molecule is CCCCNc1nc(NCCOCCOCCNC(=O)c2ccccc2)nc(NC(CC)CC)n1. The second-order valence-corrected chi connectivity index (χ2v) is 8.02. The minimum absolute atomic E-state index is 0.100. The van der Waals surface area contributed by atoms with Gasteiger partial charge in [-0.15, -0.1) is 0 Å². The Kier molecular flexibility index (Phi) is 14.1. The second-order valence-electron chi connectivity index (χ2n) is 8.02. The molecule has 1 heterocycles. The number of anilines is 3. The van der Waals surface area contributed by atoms with Crippen molar-refractivity contribution in [2.45, 2.75) is 52.5 Å². The van der Waals surface area contributed by atoms with Crippen LogP contribution in [0.4, 0.5) is 17.8 Å². The molecule has 0 unspecified atom stereocenters. The molecule has 10 nitrogen and oxygen atoms in total. The fourth-order valence-electron chi connectivity index (χ4n) is 3.14. The van der Waals surface area contributed by atoms with Crippen molar-refractivity contribution in [3.05, 3.63) is 35.9 Å². The van der Waals surface area contributed by atoms with Crippen molar-refractivity contribution in [2.75, 3.05) is 62.0 Å². The Morgan fingerprint density at radius 3 is 2.03 bits per heavy atom. The van der Waals surface area contributed by atoms with Gasteiger partial charge in [-0.05, 0) is 31.4 Å². The number of hydrogen-bond acceptors (Lipinski definition) is 9. The minimum atomic E-state index is -0.100. The Morgan fingerprint density at radius 2 is 1.40 bits per heavy atom. The van der Waals surface area contributed by atoms with Gasteiger partial charge in [0.05, 0.1) is 26.4 Å². The molecule has 0 radical (unpaired) electrons. The van der Waals surface area contributed by atoms with E-state index in [0.717, 1.165) is 32.2 Å². The van der Waals surface area contributed by atoms with Crippen molar-refractivity contribution in [3.8, 4) is 0 Å². The monoisotopic (exact) mass is 487 g/mol. The van der Waals surface area contributed by atoms with E-state index < -0.39 is 0 Å². The standard InChI is InChI=1S/C25H41N7O3/c1-4-7-13-27-23-30-24(32-25(31-23)29-21(5-2)6-3)28-15-17-35-19-18-34-16-14-26-22(33)20-11-9-8-10-12-20/h8-12,21H,4-7,13-19H2,1-3H3,(H,26,33)(H3,27,28,29,30,31,32). The number of carbonyl (C=O) groups excluding carboxylic acids is 1. The van der Waals surface area contributed by atoms with Crippen LogP contribution in [-0.2, 0) is 9.47 Å². The molecule has 0 saturated heterocycles. The Hall–Kier alpha value is -2.98. The molecule has 4 N–H and O–H groups in total. The van der Waals surface area contributed by atoms with Crippen LogP contribution in [0.5, 0.6) is 0 Å². The van der Waals surface area contributed by atoms with E-state index in [1.807, 2.05) is 18.2 Å². The number of carbonyl (C=O) groups is 1. The van der Waals surface area contributed by atoms with Crippen LogP contribution in [0.3, 0.4) is 0 Å². The van der Waals surface area contributed by atoms with Crippen LogP contribution >= 0.6 is 0 Å². The van der Waals surface area contributed by atoms with E-state index >= 15 is 0 Å². The zero-order chi connectivity index (χ0) is 25.1. The molecule has 194 valence electrons. The number of aromatic nitrogens is 3. The zero-order valence-corrected chi connectivity index (χ0v) is 21.3. The molecule has 2 rings (SSSR count). The van der Waals surface area contributed by atoms with Crippen LogP contribution in [0.15, 0.2) is 30.3 Å². The average Bonchev–Trinajstić information content (AvgIpc) is 2.88. The smallest absolute Gasteiger partial charge is 0.251 e. The summed E-state index contributed by atoms with van der Waals surface area (Å²) in [6.45, 7) is 10.1. The summed E-state index contributed by atoms with van der Waals surface area (Å²) >= 11 is 0. The summed E-state index contributed by atoms with van der Waals surface area (Å²) in [6, 6.07) is 9.44. The van der Waals surface area contributed by atoms with Gasteiger partial charge in [-0.1, -0.05) is 45.4 Å². The first-order chi connectivity index (χ1) is 17.2. The van der Waals surface area contributed by atoms with Crippen molar-refractivity contribution in [3.63, 3.8) is 0 Å². The van der Waals surface area contributed by atoms with E-state index in [-0.39, 0.29) is 5.91 Å². The van der Waals surface area contributed by atoms with Crippen molar-refractivity contribution >= 4 is 23.8 Å². The molecule has 0 bridgehead atoms. The fraction of sp³-hybridized carbons (Fsp3) is 0.600. The molecule has 1 aromatic heterocycles. The number of nitrogens with one attached hydrogen (secondary N) is 4. The van der Waals surface area contributed by atoms with Gasteiger partial charge in [-0.25, -0.2) is 0 Å². The van der Waals surface area contributed by atoms with Gasteiger partial charge >= 0.3 is 0 Å². The average molecular weight is 488 g/mol. The minimum Gasteiger partial charge on any atom is -0.377 e. The highest BCUT2D eigenvalue weighted by Crippen LogP contribution is 2.12. The third kappa shape index (κ3) is 11.8. The molecular weight excluding hydrogens is 446 g/mol. The quantitative estimate of drug-likeness (QED) is 0.220. The molecule has 1 amide bonds. The lowest BCUT2D eigenvalue weighted by atomic mass is 10.2. The Morgan fingerprint density at radius 1 is 0.800 bits per heavy atom. The summed E-state index contributed by atoms with van der Waals surface area (Å²) in [4.78, 5) is 25.4. The first-order valence-corrected chi connectivity index (χ1v) is 12.6. The third-order valence-electron chi connectivity index (χ3n) is 5.24. The predicted octanol–water partition coefficient (Wildman–Crippen LogP) is 3.56. The van der Waals surface area contributed by atoms with Crippen LogP contribution in [-0.4, -0.2) is 73.0 Å². The highest BCUT2D eigenvalue weighted by atomic mass is 16.5. The first kappa shape index (κ1) is 28.3. The first-order valence-electron chi connectivity index (χ1n) is 12.6. The summed E-state index contributed by atoms with van der Waals surface area (Å²) in [7, 11) is 0. The van der Waals surface area contributed by atoms with Gasteiger partial charge in [-0.3, -0.25) is 4.79 Å². The molecule has 0 saturated carbocycles. The Bertz CT molecular complexity index is 835. The summed E-state index contributed by atoms with van der Waals surface area (Å²) in [5.74, 6) is 1.56. The molecule has 0 fully saturated rings. The van der Waals surface area contributed by atoms with Gasteiger partial charge < -0.3 is 30.7 Å². The van der Waals surface area contributed by atoms with Crippen molar-refractivity contribution in [1.82, 2.24) is 20.3 Å². The predicted molar refractivity (Wildman–Crippen MR) is 140 cm³/mol. The topological polar surface area (TPSA) is 122 Å². The molecular formula is C25H41N7O3. The van der Waals surface area contributed by atoms with E-state index in [1.165, 1.54) is 0 Å². The maximum atomic E-state index is 11.9. The highest BCUT2D eigenvalue weighted by Gasteiger charge is 2.10. The summed E-state index contributed by atoms with van der Waals surface area (Å²) in [5.41, 5.74) is 0.642. The number of rotatable bonds is 19. The van der Waals surface area contributed by atoms with Crippen LogP contribution in [0.2, 0.25) is 0 Å². The number of unbranched alkanes of at least 4 members (excludes halogenated alkanes) is 1. The Balaban J connectivity index is 1.63. The largest absolute Gasteiger partial charge is 0.377 e. The summed E-state index contributed by atoms with van der Waals surface area (Å²) in [5, 5.41) is 12.7. The molecule has 0 aliphatic carbocycles. The van der Waals surface area contributed by atoms with Crippen LogP contribution < -0.4 is 21.3 Å². The van der Waals surface area contributed by atoms with Gasteiger partial charge in [-0.2, -0.15) is 15.0 Å². The van der Waals surface area contributed by atoms with E-state index in [0.29, 0.717) is 69.0 Å². The lowest BCUT2D eigenvalue weighted by Gasteiger charge is -2.16. The summed E-state index contributed by atoms with van der Waals surface area (Å²) < 4.78 is 11.1. The van der Waals surface area contributed by atoms with Gasteiger partial charge in [0.15, 0.2) is 0 Å². The number of hydrogen-bond donors (Lipinski definition) is 4. The van der Waals surface area contributed by atoms with E-state index in [2.05, 4.69) is 57.0 Å². The molecule has 10 heteroatoms. The van der Waals surface area contributed by atoms with E-state index in [4.69, 9.17) is 9.47 Å². The molecule has 0 atom stereocenters. The van der Waals surface area contributed by atoms with Crippen LogP contribution in [0.1, 0.15) is 56.8 Å². The maximum Gasteiger partial charge on any atom is 0.251 e. The number of nitrogens with zero attached hydrogens (tertiary/aromatic N) is 3. The van der Waals surface area contributed by atoms with Crippen LogP contribution in [0, 0.1) is 0 Å². The number of benzene rings is 1. The molecule has 0 aliphatic rings. The highest BCUT2D eigenvalue weighted by molar-refractivity contribution is 5.94. The molecule has 2 aromatic rings. The molecule has 0 aliphatic heterocycles. The number of ether oxygens (including phenoxy) is 2. The molecule has 35 heavy (non-hydrogen) atoms. The van der Waals surface area contributed by atoms with Gasteiger partial charge in [0.25, 0.3) is 5.91 Å². The van der Waals surface area contributed by atoms with Gasteiger partial charge in [0.2, 0.25) is 17.8 Å². The van der Waals surface area contributed by atoms with Gasteiger partial charge in [0, 0.05) is 31.2 Å². The summed E-state index contributed by atoms with van der Waals surface area (Å²) in [6.07, 6.45) is 4.15. The maximum absolute atomic E-state index is 11.9. The normalized spacial score (nSPS) is 10.9. The Labute approximate surface area is 209 Å². The van der Waals surface area contributed by atoms with Gasteiger partial charge in [0.1, 0.15) is 0 Å². The van der Waals surface area contributed by atoms with E-state index in [1.54, 1.807) is 12.1 Å². The lowest BCUT2D eigenvalue weighted by molar-refractivity contribution is 0.0519.